The normalized spacial score (nSPS) is 18.4. The summed E-state index contributed by atoms with van der Waals surface area (Å²) in [6.45, 7) is 2.15. The summed E-state index contributed by atoms with van der Waals surface area (Å²) in [5.74, 6) is 0.282. The third-order valence-corrected chi connectivity index (χ3v) is 6.14. The fraction of sp³-hybridized carbons (Fsp3) is 0.240. The molecule has 10 nitrogen and oxygen atoms in total. The van der Waals surface area contributed by atoms with Crippen LogP contribution < -0.4 is 11.2 Å². The number of aromatic nitrogens is 4. The first-order valence-corrected chi connectivity index (χ1v) is 11.4. The van der Waals surface area contributed by atoms with Crippen molar-refractivity contribution in [3.8, 4) is 11.4 Å². The predicted octanol–water partition coefficient (Wildman–Crippen LogP) is 2.72. The number of amides is 2. The van der Waals surface area contributed by atoms with Crippen LogP contribution in [0.1, 0.15) is 47.2 Å². The number of hydrogen-bond donors (Lipinski definition) is 2. The second kappa shape index (κ2) is 9.51. The van der Waals surface area contributed by atoms with E-state index in [-0.39, 0.29) is 29.5 Å². The monoisotopic (exact) mass is 471 g/mol. The highest BCUT2D eigenvalue weighted by Gasteiger charge is 2.41. The number of rotatable bonds is 6. The van der Waals surface area contributed by atoms with E-state index < -0.39 is 6.04 Å². The van der Waals surface area contributed by atoms with Gasteiger partial charge < -0.3 is 15.1 Å². The van der Waals surface area contributed by atoms with Crippen LogP contribution in [0.25, 0.3) is 11.4 Å². The predicted molar refractivity (Wildman–Crippen MR) is 128 cm³/mol. The van der Waals surface area contributed by atoms with Gasteiger partial charge in [-0.2, -0.15) is 0 Å². The van der Waals surface area contributed by atoms with Gasteiger partial charge in [0, 0.05) is 18.0 Å². The van der Waals surface area contributed by atoms with Gasteiger partial charge in [0.2, 0.25) is 5.82 Å². The molecule has 0 radical (unpaired) electrons. The largest absolute Gasteiger partial charge is 0.454 e. The summed E-state index contributed by atoms with van der Waals surface area (Å²) >= 11 is 0. The van der Waals surface area contributed by atoms with Gasteiger partial charge in [0.1, 0.15) is 11.8 Å². The van der Waals surface area contributed by atoms with Crippen molar-refractivity contribution in [3.05, 3.63) is 89.9 Å². The molecule has 3 N–H and O–H groups in total. The van der Waals surface area contributed by atoms with Crippen molar-refractivity contribution >= 4 is 11.8 Å². The van der Waals surface area contributed by atoms with Crippen LogP contribution in [0.4, 0.5) is 0 Å². The fourth-order valence-corrected chi connectivity index (χ4v) is 4.34. The molecule has 35 heavy (non-hydrogen) atoms. The second-order valence-corrected chi connectivity index (χ2v) is 8.56. The number of nitrogens with two attached hydrogens (primary N) is 1. The first kappa shape index (κ1) is 22.5. The number of carbonyl (C=O) groups excluding carboxylic acids is 2. The van der Waals surface area contributed by atoms with Crippen molar-refractivity contribution in [1.29, 1.82) is 0 Å². The SMILES string of the molecule is C[C@H](N)c1ccc(C(=O)N2C[C@@H](c3ccccc3)C[C@H]2C(=O)Nn2nnnc2-c2ccccc2)o1. The minimum absolute atomic E-state index is 0.0128. The molecule has 3 heterocycles. The van der Waals surface area contributed by atoms with Crippen molar-refractivity contribution in [1.82, 2.24) is 25.2 Å². The smallest absolute Gasteiger partial charge is 0.290 e. The molecule has 1 saturated heterocycles. The highest BCUT2D eigenvalue weighted by atomic mass is 16.4. The summed E-state index contributed by atoms with van der Waals surface area (Å²) in [7, 11) is 0. The number of likely N-dealkylation sites (tertiary alicyclic amines) is 1. The lowest BCUT2D eigenvalue weighted by molar-refractivity contribution is -0.120. The first-order valence-electron chi connectivity index (χ1n) is 11.4. The van der Waals surface area contributed by atoms with Gasteiger partial charge in [-0.15, -0.1) is 9.89 Å². The Bertz CT molecular complexity index is 1320. The number of benzene rings is 2. The molecule has 1 fully saturated rings. The molecule has 0 unspecified atom stereocenters. The zero-order valence-electron chi connectivity index (χ0n) is 19.1. The van der Waals surface area contributed by atoms with Gasteiger partial charge in [-0.25, -0.2) is 5.43 Å². The molecule has 2 amide bonds. The Kier molecular flexibility index (Phi) is 6.11. The number of carbonyl (C=O) groups is 2. The summed E-state index contributed by atoms with van der Waals surface area (Å²) in [5.41, 5.74) is 10.5. The Morgan fingerprint density at radius 2 is 1.77 bits per heavy atom. The summed E-state index contributed by atoms with van der Waals surface area (Å²) in [5, 5.41) is 11.7. The molecule has 0 spiro atoms. The molecule has 1 aliphatic rings. The topological polar surface area (TPSA) is 132 Å². The van der Waals surface area contributed by atoms with Crippen molar-refractivity contribution in [2.45, 2.75) is 31.3 Å². The van der Waals surface area contributed by atoms with Crippen LogP contribution >= 0.6 is 0 Å². The number of tetrazole rings is 1. The molecular weight excluding hydrogens is 446 g/mol. The van der Waals surface area contributed by atoms with Gasteiger partial charge in [-0.05, 0) is 41.5 Å². The zero-order valence-corrected chi connectivity index (χ0v) is 19.1. The van der Waals surface area contributed by atoms with E-state index in [1.807, 2.05) is 60.7 Å². The van der Waals surface area contributed by atoms with Crippen LogP contribution in [0.5, 0.6) is 0 Å². The number of nitrogens with zero attached hydrogens (tertiary/aromatic N) is 5. The van der Waals surface area contributed by atoms with Gasteiger partial charge in [0.05, 0.1) is 6.04 Å². The third-order valence-electron chi connectivity index (χ3n) is 6.14. The number of furan rings is 1. The van der Waals surface area contributed by atoms with Gasteiger partial charge >= 0.3 is 0 Å². The van der Waals surface area contributed by atoms with E-state index in [1.54, 1.807) is 24.0 Å². The van der Waals surface area contributed by atoms with E-state index >= 15 is 0 Å². The average molecular weight is 472 g/mol. The summed E-state index contributed by atoms with van der Waals surface area (Å²) in [6, 6.07) is 21.3. The minimum atomic E-state index is -0.746. The lowest BCUT2D eigenvalue weighted by Crippen LogP contribution is -2.45. The van der Waals surface area contributed by atoms with E-state index in [9.17, 15) is 9.59 Å². The van der Waals surface area contributed by atoms with E-state index in [4.69, 9.17) is 10.2 Å². The molecule has 178 valence electrons. The van der Waals surface area contributed by atoms with Gasteiger partial charge in [0.25, 0.3) is 11.8 Å². The molecule has 2 aromatic heterocycles. The molecule has 5 rings (SSSR count). The van der Waals surface area contributed by atoms with Crippen molar-refractivity contribution in [2.24, 2.45) is 5.73 Å². The van der Waals surface area contributed by atoms with Gasteiger partial charge in [-0.3, -0.25) is 9.59 Å². The maximum atomic E-state index is 13.5. The molecule has 0 aliphatic carbocycles. The van der Waals surface area contributed by atoms with Crippen molar-refractivity contribution in [2.75, 3.05) is 12.0 Å². The van der Waals surface area contributed by atoms with E-state index in [0.29, 0.717) is 24.6 Å². The van der Waals surface area contributed by atoms with Crippen LogP contribution in [0, 0.1) is 0 Å². The molecule has 1 aliphatic heterocycles. The Morgan fingerprint density at radius 3 is 2.46 bits per heavy atom. The number of nitrogens with one attached hydrogen (secondary N) is 1. The highest BCUT2D eigenvalue weighted by Crippen LogP contribution is 2.33. The maximum absolute atomic E-state index is 13.5. The summed E-state index contributed by atoms with van der Waals surface area (Å²) < 4.78 is 5.69. The van der Waals surface area contributed by atoms with E-state index in [1.165, 1.54) is 4.79 Å². The van der Waals surface area contributed by atoms with Crippen molar-refractivity contribution in [3.63, 3.8) is 0 Å². The maximum Gasteiger partial charge on any atom is 0.290 e. The Hall–Kier alpha value is -4.31. The Balaban J connectivity index is 1.42. The number of hydrogen-bond acceptors (Lipinski definition) is 7. The molecule has 3 atom stereocenters. The van der Waals surface area contributed by atoms with E-state index in [2.05, 4.69) is 21.0 Å². The standard InChI is InChI=1S/C25H25N7O3/c1-16(26)21-12-13-22(35-21)25(34)31-15-19(17-8-4-2-5-9-17)14-20(31)24(33)28-32-23(27-29-30-32)18-10-6-3-7-11-18/h2-13,16,19-20H,14-15,26H2,1H3,(H,28,33)/t16-,19-,20-/m0/s1. The van der Waals surface area contributed by atoms with Gasteiger partial charge in [-0.1, -0.05) is 60.7 Å². The molecule has 2 aromatic carbocycles. The summed E-state index contributed by atoms with van der Waals surface area (Å²) in [6.07, 6.45) is 0.450. The minimum Gasteiger partial charge on any atom is -0.454 e. The average Bonchev–Trinajstić information content (AvgIpc) is 3.64. The Labute approximate surface area is 201 Å². The third kappa shape index (κ3) is 4.56. The van der Waals surface area contributed by atoms with Crippen LogP contribution in [-0.2, 0) is 4.79 Å². The molecule has 4 aromatic rings. The van der Waals surface area contributed by atoms with Crippen molar-refractivity contribution < 1.29 is 14.0 Å². The molecule has 0 bridgehead atoms. The van der Waals surface area contributed by atoms with Crippen LogP contribution in [0.15, 0.2) is 77.2 Å². The molecule has 10 heteroatoms. The van der Waals surface area contributed by atoms with Crippen LogP contribution in [-0.4, -0.2) is 49.6 Å². The lowest BCUT2D eigenvalue weighted by atomic mass is 9.96. The quantitative estimate of drug-likeness (QED) is 0.442. The summed E-state index contributed by atoms with van der Waals surface area (Å²) in [4.78, 5) is 29.7. The second-order valence-electron chi connectivity index (χ2n) is 8.56. The van der Waals surface area contributed by atoms with Crippen LogP contribution in [0.3, 0.4) is 0 Å². The fourth-order valence-electron chi connectivity index (χ4n) is 4.34. The highest BCUT2D eigenvalue weighted by molar-refractivity contribution is 5.98. The Morgan fingerprint density at radius 1 is 1.06 bits per heavy atom. The van der Waals surface area contributed by atoms with E-state index in [0.717, 1.165) is 11.1 Å². The lowest BCUT2D eigenvalue weighted by Gasteiger charge is -2.23. The first-order chi connectivity index (χ1) is 17.0. The van der Waals surface area contributed by atoms with Gasteiger partial charge in [0.15, 0.2) is 5.76 Å². The van der Waals surface area contributed by atoms with Crippen LogP contribution in [0.2, 0.25) is 0 Å². The molecular formula is C25H25N7O3. The molecule has 0 saturated carbocycles. The zero-order chi connectivity index (χ0) is 24.4.